The Morgan fingerprint density at radius 1 is 1.31 bits per heavy atom. The topological polar surface area (TPSA) is 8.17 Å². The summed E-state index contributed by atoms with van der Waals surface area (Å²) < 4.78 is 2.58. The third-order valence-electron chi connectivity index (χ3n) is 3.59. The second kappa shape index (κ2) is 5.05. The molecular formula is C14H24N2. The Morgan fingerprint density at radius 3 is 2.88 bits per heavy atom. The molecule has 0 atom stereocenters. The molecule has 0 spiro atoms. The van der Waals surface area contributed by atoms with E-state index in [2.05, 4.69) is 36.6 Å². The minimum Gasteiger partial charge on any atom is -0.348 e. The molecule has 0 amide bonds. The first-order valence-corrected chi connectivity index (χ1v) is 6.51. The molecule has 1 aromatic heterocycles. The highest BCUT2D eigenvalue weighted by Gasteiger charge is 2.15. The monoisotopic (exact) mass is 220 g/mol. The van der Waals surface area contributed by atoms with Gasteiger partial charge in [0.2, 0.25) is 0 Å². The molecule has 1 aliphatic rings. The van der Waals surface area contributed by atoms with E-state index in [9.17, 15) is 0 Å². The first kappa shape index (κ1) is 11.7. The van der Waals surface area contributed by atoms with Gasteiger partial charge >= 0.3 is 0 Å². The quantitative estimate of drug-likeness (QED) is 0.757. The summed E-state index contributed by atoms with van der Waals surface area (Å²) in [6.45, 7) is 4.72. The third-order valence-corrected chi connectivity index (χ3v) is 3.59. The lowest BCUT2D eigenvalue weighted by Crippen LogP contribution is -2.16. The van der Waals surface area contributed by atoms with Crippen LogP contribution in [0.5, 0.6) is 0 Å². The Labute approximate surface area is 99.3 Å². The van der Waals surface area contributed by atoms with Crippen LogP contribution in [0.4, 0.5) is 0 Å². The predicted octanol–water partition coefficient (Wildman–Crippen LogP) is 2.63. The molecule has 0 aliphatic carbocycles. The van der Waals surface area contributed by atoms with Gasteiger partial charge in [0.15, 0.2) is 0 Å². The summed E-state index contributed by atoms with van der Waals surface area (Å²) in [5, 5.41) is 0. The van der Waals surface area contributed by atoms with Crippen molar-refractivity contribution in [2.75, 3.05) is 20.6 Å². The molecule has 2 rings (SSSR count). The Kier molecular flexibility index (Phi) is 3.70. The Bertz CT molecular complexity index is 350. The van der Waals surface area contributed by atoms with Crippen LogP contribution >= 0.6 is 0 Å². The van der Waals surface area contributed by atoms with Gasteiger partial charge in [0, 0.05) is 17.9 Å². The van der Waals surface area contributed by atoms with Gasteiger partial charge in [-0.1, -0.05) is 0 Å². The van der Waals surface area contributed by atoms with Crippen molar-refractivity contribution < 1.29 is 0 Å². The van der Waals surface area contributed by atoms with Crippen molar-refractivity contribution in [3.05, 3.63) is 23.0 Å². The molecule has 0 radical (unpaired) electrons. The standard InChI is InChI=1S/C14H24N2/c1-12-11-13-7-4-5-10-16(13)14(12)8-6-9-15(2)3/h11H,4-10H2,1-3H3. The van der Waals surface area contributed by atoms with E-state index in [-0.39, 0.29) is 0 Å². The van der Waals surface area contributed by atoms with Crippen molar-refractivity contribution in [2.24, 2.45) is 0 Å². The highest BCUT2D eigenvalue weighted by molar-refractivity contribution is 5.28. The number of aromatic nitrogens is 1. The van der Waals surface area contributed by atoms with Gasteiger partial charge in [0.25, 0.3) is 0 Å². The largest absolute Gasteiger partial charge is 0.348 e. The molecular weight excluding hydrogens is 196 g/mol. The summed E-state index contributed by atoms with van der Waals surface area (Å²) in [4.78, 5) is 2.27. The van der Waals surface area contributed by atoms with Gasteiger partial charge in [-0.2, -0.15) is 0 Å². The zero-order valence-corrected chi connectivity index (χ0v) is 10.9. The summed E-state index contributed by atoms with van der Waals surface area (Å²) in [5.74, 6) is 0. The Hall–Kier alpha value is -0.760. The van der Waals surface area contributed by atoms with E-state index in [1.165, 1.54) is 50.8 Å². The van der Waals surface area contributed by atoms with E-state index >= 15 is 0 Å². The maximum absolute atomic E-state index is 2.58. The highest BCUT2D eigenvalue weighted by Crippen LogP contribution is 2.23. The average molecular weight is 220 g/mol. The van der Waals surface area contributed by atoms with Crippen LogP contribution in [0, 0.1) is 6.92 Å². The third kappa shape index (κ3) is 2.49. The second-order valence-electron chi connectivity index (χ2n) is 5.28. The lowest BCUT2D eigenvalue weighted by Gasteiger charge is -2.18. The SMILES string of the molecule is Cc1cc2n(c1CCCN(C)C)CCCC2. The molecule has 0 saturated heterocycles. The second-order valence-corrected chi connectivity index (χ2v) is 5.28. The van der Waals surface area contributed by atoms with Gasteiger partial charge in [-0.05, 0) is 71.3 Å². The first-order valence-electron chi connectivity index (χ1n) is 6.51. The van der Waals surface area contributed by atoms with Crippen molar-refractivity contribution in [3.63, 3.8) is 0 Å². The lowest BCUT2D eigenvalue weighted by molar-refractivity contribution is 0.396. The molecule has 16 heavy (non-hydrogen) atoms. The van der Waals surface area contributed by atoms with Crippen LogP contribution < -0.4 is 0 Å². The maximum Gasteiger partial charge on any atom is 0.0225 e. The summed E-state index contributed by atoms with van der Waals surface area (Å²) in [6.07, 6.45) is 6.54. The van der Waals surface area contributed by atoms with Crippen molar-refractivity contribution in [1.29, 1.82) is 0 Å². The van der Waals surface area contributed by atoms with Crippen LogP contribution in [0.3, 0.4) is 0 Å². The first-order chi connectivity index (χ1) is 7.68. The molecule has 0 saturated carbocycles. The number of aryl methyl sites for hydroxylation is 2. The van der Waals surface area contributed by atoms with Crippen LogP contribution in [-0.2, 0) is 19.4 Å². The molecule has 0 bridgehead atoms. The molecule has 1 aromatic rings. The van der Waals surface area contributed by atoms with Crippen LogP contribution in [0.15, 0.2) is 6.07 Å². The zero-order valence-electron chi connectivity index (χ0n) is 10.9. The van der Waals surface area contributed by atoms with Crippen molar-refractivity contribution in [1.82, 2.24) is 9.47 Å². The van der Waals surface area contributed by atoms with Crippen LogP contribution in [0.25, 0.3) is 0 Å². The van der Waals surface area contributed by atoms with E-state index in [0.29, 0.717) is 0 Å². The van der Waals surface area contributed by atoms with Gasteiger partial charge in [-0.3, -0.25) is 0 Å². The van der Waals surface area contributed by atoms with Crippen molar-refractivity contribution >= 4 is 0 Å². The smallest absolute Gasteiger partial charge is 0.0225 e. The highest BCUT2D eigenvalue weighted by atomic mass is 15.0. The van der Waals surface area contributed by atoms with Crippen LogP contribution in [0.2, 0.25) is 0 Å². The van der Waals surface area contributed by atoms with Crippen LogP contribution in [0.1, 0.15) is 36.2 Å². The summed E-state index contributed by atoms with van der Waals surface area (Å²) in [7, 11) is 4.31. The number of fused-ring (bicyclic) bond motifs is 1. The van der Waals surface area contributed by atoms with Crippen molar-refractivity contribution in [3.8, 4) is 0 Å². The molecule has 2 nitrogen and oxygen atoms in total. The van der Waals surface area contributed by atoms with Gasteiger partial charge in [-0.15, -0.1) is 0 Å². The molecule has 2 heterocycles. The summed E-state index contributed by atoms with van der Waals surface area (Å²) in [6, 6.07) is 2.41. The molecule has 90 valence electrons. The molecule has 0 aromatic carbocycles. The summed E-state index contributed by atoms with van der Waals surface area (Å²) in [5.41, 5.74) is 4.68. The predicted molar refractivity (Wildman–Crippen MR) is 69.0 cm³/mol. The number of nitrogens with zero attached hydrogens (tertiary/aromatic N) is 2. The lowest BCUT2D eigenvalue weighted by atomic mass is 10.1. The van der Waals surface area contributed by atoms with E-state index in [1.54, 1.807) is 11.4 Å². The molecule has 2 heteroatoms. The molecule has 0 N–H and O–H groups in total. The fourth-order valence-corrected chi connectivity index (χ4v) is 2.75. The van der Waals surface area contributed by atoms with Gasteiger partial charge < -0.3 is 9.47 Å². The Balaban J connectivity index is 2.05. The molecule has 1 aliphatic heterocycles. The minimum atomic E-state index is 1.19. The average Bonchev–Trinajstić information content (AvgIpc) is 2.55. The molecule has 0 fully saturated rings. The number of rotatable bonds is 4. The fourth-order valence-electron chi connectivity index (χ4n) is 2.75. The van der Waals surface area contributed by atoms with Crippen LogP contribution in [-0.4, -0.2) is 30.1 Å². The Morgan fingerprint density at radius 2 is 2.12 bits per heavy atom. The normalized spacial score (nSPS) is 15.5. The zero-order chi connectivity index (χ0) is 11.5. The van der Waals surface area contributed by atoms with E-state index < -0.39 is 0 Å². The molecule has 0 unspecified atom stereocenters. The van der Waals surface area contributed by atoms with Gasteiger partial charge in [0.05, 0.1) is 0 Å². The van der Waals surface area contributed by atoms with E-state index in [1.807, 2.05) is 0 Å². The maximum atomic E-state index is 2.58. The van der Waals surface area contributed by atoms with E-state index in [0.717, 1.165) is 0 Å². The number of hydrogen-bond acceptors (Lipinski definition) is 1. The minimum absolute atomic E-state index is 1.19. The van der Waals surface area contributed by atoms with Crippen molar-refractivity contribution in [2.45, 2.75) is 45.6 Å². The van der Waals surface area contributed by atoms with E-state index in [4.69, 9.17) is 0 Å². The van der Waals surface area contributed by atoms with Gasteiger partial charge in [-0.25, -0.2) is 0 Å². The van der Waals surface area contributed by atoms with Gasteiger partial charge in [0.1, 0.15) is 0 Å². The fraction of sp³-hybridized carbons (Fsp3) is 0.714. The number of hydrogen-bond donors (Lipinski definition) is 0. The summed E-state index contributed by atoms with van der Waals surface area (Å²) >= 11 is 0.